The third-order valence-corrected chi connectivity index (χ3v) is 8.38. The summed E-state index contributed by atoms with van der Waals surface area (Å²) in [5.41, 5.74) is 5.24. The Kier molecular flexibility index (Phi) is 8.87. The monoisotopic (exact) mass is 584 g/mol. The minimum atomic E-state index is -0.341. The van der Waals surface area contributed by atoms with Crippen LogP contribution in [0, 0.1) is 12.8 Å². The molecule has 1 aliphatic heterocycles. The molecule has 0 bridgehead atoms. The topological polar surface area (TPSA) is 85.7 Å². The van der Waals surface area contributed by atoms with Crippen molar-refractivity contribution >= 4 is 29.4 Å². The fraction of sp³-hybridized carbons (Fsp3) is 0.303. The summed E-state index contributed by atoms with van der Waals surface area (Å²) in [5.74, 6) is 1.99. The van der Waals surface area contributed by atoms with Gasteiger partial charge < -0.3 is 14.8 Å². The lowest BCUT2D eigenvalue weighted by atomic mass is 9.98. The average molecular weight is 585 g/mol. The number of carbonyl (C=O) groups excluding carboxylic acids is 2. The van der Waals surface area contributed by atoms with Crippen LogP contribution in [0.4, 0.5) is 5.82 Å². The van der Waals surface area contributed by atoms with Crippen LogP contribution in [0.25, 0.3) is 16.9 Å². The molecule has 1 aromatic heterocycles. The third-order valence-electron chi connectivity index (χ3n) is 7.14. The second-order valence-electron chi connectivity index (χ2n) is 10.7. The van der Waals surface area contributed by atoms with Crippen molar-refractivity contribution in [1.29, 1.82) is 0 Å². The normalized spacial score (nSPS) is 14.9. The van der Waals surface area contributed by atoms with Crippen molar-refractivity contribution in [3.8, 4) is 28.4 Å². The molecule has 2 heterocycles. The van der Waals surface area contributed by atoms with E-state index in [-0.39, 0.29) is 35.3 Å². The van der Waals surface area contributed by atoms with Gasteiger partial charge in [0.05, 0.1) is 36.6 Å². The lowest BCUT2D eigenvalue weighted by molar-refractivity contribution is -0.123. The number of amides is 2. The molecule has 9 heteroatoms. The maximum Gasteiger partial charge on any atom is 0.240 e. The molecular weight excluding hydrogens is 548 g/mol. The van der Waals surface area contributed by atoms with Gasteiger partial charge in [-0.25, -0.2) is 4.68 Å². The summed E-state index contributed by atoms with van der Waals surface area (Å²) < 4.78 is 13.2. The Morgan fingerprint density at radius 3 is 2.45 bits per heavy atom. The van der Waals surface area contributed by atoms with Gasteiger partial charge in [-0.2, -0.15) is 5.10 Å². The minimum absolute atomic E-state index is 0.118. The SMILES string of the molecule is COc1ccc(OC)c([C@H]2SCC(=O)N(CC(=O)NCC(C)C)c3c2c(-c2ccccc2)nn3-c2ccc(C)cc2)c1. The van der Waals surface area contributed by atoms with Crippen LogP contribution >= 0.6 is 11.8 Å². The van der Waals surface area contributed by atoms with E-state index in [1.165, 1.54) is 11.8 Å². The number of carbonyl (C=O) groups is 2. The number of aryl methyl sites for hydroxylation is 1. The van der Waals surface area contributed by atoms with E-state index in [4.69, 9.17) is 14.6 Å². The Balaban J connectivity index is 1.80. The standard InChI is InChI=1S/C33H36N4O4S/c1-21(2)18-34-28(38)19-36-29(39)20-42-32(26-17-25(40-4)15-16-27(26)41-5)30-31(23-9-7-6-8-10-23)35-37(33(30)36)24-13-11-22(3)12-14-24/h6-17,21,32H,18-20H2,1-5H3,(H,34,38)/t32-/m1/s1. The Morgan fingerprint density at radius 2 is 1.79 bits per heavy atom. The van der Waals surface area contributed by atoms with Gasteiger partial charge in [-0.15, -0.1) is 11.8 Å². The molecule has 0 aliphatic carbocycles. The molecule has 218 valence electrons. The van der Waals surface area contributed by atoms with Crippen LogP contribution in [-0.2, 0) is 9.59 Å². The van der Waals surface area contributed by atoms with Gasteiger partial charge in [0.25, 0.3) is 0 Å². The van der Waals surface area contributed by atoms with Crippen molar-refractivity contribution in [2.45, 2.75) is 26.0 Å². The summed E-state index contributed by atoms with van der Waals surface area (Å²) in [6, 6.07) is 23.6. The molecule has 4 aromatic rings. The maximum absolute atomic E-state index is 13.9. The predicted octanol–water partition coefficient (Wildman–Crippen LogP) is 5.81. The first kappa shape index (κ1) is 29.3. The smallest absolute Gasteiger partial charge is 0.240 e. The first-order chi connectivity index (χ1) is 20.3. The van der Waals surface area contributed by atoms with Crippen LogP contribution in [0.2, 0.25) is 0 Å². The number of aromatic nitrogens is 2. The summed E-state index contributed by atoms with van der Waals surface area (Å²) >= 11 is 1.49. The number of ether oxygens (including phenoxy) is 2. The van der Waals surface area contributed by atoms with Crippen LogP contribution in [0.3, 0.4) is 0 Å². The summed E-state index contributed by atoms with van der Waals surface area (Å²) in [7, 11) is 3.26. The molecule has 0 radical (unpaired) electrons. The summed E-state index contributed by atoms with van der Waals surface area (Å²) in [6.45, 7) is 6.51. The van der Waals surface area contributed by atoms with Gasteiger partial charge >= 0.3 is 0 Å². The lowest BCUT2D eigenvalue weighted by Crippen LogP contribution is -2.43. The van der Waals surface area contributed by atoms with Crippen molar-refractivity contribution in [3.63, 3.8) is 0 Å². The van der Waals surface area contributed by atoms with Gasteiger partial charge in [-0.05, 0) is 43.2 Å². The van der Waals surface area contributed by atoms with E-state index < -0.39 is 0 Å². The minimum Gasteiger partial charge on any atom is -0.497 e. The highest BCUT2D eigenvalue weighted by molar-refractivity contribution is 8.00. The Labute approximate surface area is 251 Å². The summed E-state index contributed by atoms with van der Waals surface area (Å²) in [4.78, 5) is 28.7. The molecule has 0 spiro atoms. The molecular formula is C33H36N4O4S. The van der Waals surface area contributed by atoms with E-state index in [2.05, 4.69) is 5.32 Å². The molecule has 8 nitrogen and oxygen atoms in total. The first-order valence-electron chi connectivity index (χ1n) is 14.0. The van der Waals surface area contributed by atoms with Gasteiger partial charge in [0, 0.05) is 23.2 Å². The van der Waals surface area contributed by atoms with E-state index in [0.717, 1.165) is 33.6 Å². The van der Waals surface area contributed by atoms with Crippen molar-refractivity contribution in [2.24, 2.45) is 5.92 Å². The quantitative estimate of drug-likeness (QED) is 0.267. The molecule has 1 N–H and O–H groups in total. The number of nitrogens with zero attached hydrogens (tertiary/aromatic N) is 3. The highest BCUT2D eigenvalue weighted by Gasteiger charge is 2.38. The highest BCUT2D eigenvalue weighted by Crippen LogP contribution is 2.51. The second kappa shape index (κ2) is 12.7. The number of fused-ring (bicyclic) bond motifs is 1. The van der Waals surface area contributed by atoms with Gasteiger partial charge in [0.1, 0.15) is 23.9 Å². The molecule has 1 atom stereocenters. The van der Waals surface area contributed by atoms with Crippen molar-refractivity contribution in [2.75, 3.05) is 38.0 Å². The summed E-state index contributed by atoms with van der Waals surface area (Å²) in [6.07, 6.45) is 0. The number of rotatable bonds is 9. The van der Waals surface area contributed by atoms with Crippen LogP contribution in [0.1, 0.15) is 35.8 Å². The third kappa shape index (κ3) is 6.01. The van der Waals surface area contributed by atoms with E-state index >= 15 is 0 Å². The number of nitrogens with one attached hydrogen (secondary N) is 1. The second-order valence-corrected chi connectivity index (χ2v) is 11.8. The fourth-order valence-electron chi connectivity index (χ4n) is 5.00. The first-order valence-corrected chi connectivity index (χ1v) is 15.0. The van der Waals surface area contributed by atoms with Crippen molar-refractivity contribution in [3.05, 3.63) is 89.5 Å². The van der Waals surface area contributed by atoms with Gasteiger partial charge in [0.2, 0.25) is 11.8 Å². The molecule has 3 aromatic carbocycles. The van der Waals surface area contributed by atoms with Gasteiger partial charge in [0.15, 0.2) is 0 Å². The molecule has 0 fully saturated rings. The Hall–Kier alpha value is -4.24. The van der Waals surface area contributed by atoms with Crippen LogP contribution in [-0.4, -0.2) is 54.7 Å². The zero-order chi connectivity index (χ0) is 29.8. The Morgan fingerprint density at radius 1 is 1.05 bits per heavy atom. The predicted molar refractivity (Wildman–Crippen MR) is 168 cm³/mol. The van der Waals surface area contributed by atoms with Crippen LogP contribution < -0.4 is 19.7 Å². The van der Waals surface area contributed by atoms with E-state index in [0.29, 0.717) is 23.9 Å². The number of hydrogen-bond acceptors (Lipinski definition) is 6. The van der Waals surface area contributed by atoms with Crippen LogP contribution in [0.5, 0.6) is 11.5 Å². The Bertz CT molecular complexity index is 1570. The number of thioether (sulfide) groups is 1. The molecule has 0 saturated carbocycles. The molecule has 1 aliphatic rings. The zero-order valence-electron chi connectivity index (χ0n) is 24.6. The molecule has 0 unspecified atom stereocenters. The number of benzene rings is 3. The fourth-order valence-corrected chi connectivity index (χ4v) is 6.21. The maximum atomic E-state index is 13.9. The molecule has 0 saturated heterocycles. The van der Waals surface area contributed by atoms with E-state index in [1.807, 2.05) is 93.6 Å². The number of hydrogen-bond donors (Lipinski definition) is 1. The number of anilines is 1. The molecule has 42 heavy (non-hydrogen) atoms. The van der Waals surface area contributed by atoms with Gasteiger partial charge in [-0.3, -0.25) is 14.5 Å². The van der Waals surface area contributed by atoms with E-state index in [1.54, 1.807) is 23.8 Å². The number of methoxy groups -OCH3 is 2. The van der Waals surface area contributed by atoms with Crippen LogP contribution in [0.15, 0.2) is 72.8 Å². The lowest BCUT2D eigenvalue weighted by Gasteiger charge is -2.24. The molecule has 2 amide bonds. The zero-order valence-corrected chi connectivity index (χ0v) is 25.4. The average Bonchev–Trinajstić information content (AvgIpc) is 3.33. The van der Waals surface area contributed by atoms with E-state index in [9.17, 15) is 9.59 Å². The van der Waals surface area contributed by atoms with Gasteiger partial charge in [-0.1, -0.05) is 61.9 Å². The largest absolute Gasteiger partial charge is 0.497 e. The summed E-state index contributed by atoms with van der Waals surface area (Å²) in [5, 5.41) is 7.79. The van der Waals surface area contributed by atoms with Crippen molar-refractivity contribution in [1.82, 2.24) is 15.1 Å². The highest BCUT2D eigenvalue weighted by atomic mass is 32.2. The van der Waals surface area contributed by atoms with Crippen molar-refractivity contribution < 1.29 is 19.1 Å². The molecule has 5 rings (SSSR count).